The van der Waals surface area contributed by atoms with Crippen molar-refractivity contribution in [3.8, 4) is 0 Å². The van der Waals surface area contributed by atoms with Crippen molar-refractivity contribution in [3.05, 3.63) is 32.5 Å². The molecule has 0 spiro atoms. The van der Waals surface area contributed by atoms with Gasteiger partial charge < -0.3 is 9.47 Å². The predicted octanol–water partition coefficient (Wildman–Crippen LogP) is 3.39. The van der Waals surface area contributed by atoms with E-state index >= 15 is 0 Å². The zero-order valence-electron chi connectivity index (χ0n) is 11.2. The van der Waals surface area contributed by atoms with E-state index in [0.29, 0.717) is 0 Å². The molecule has 1 aromatic heterocycles. The first-order valence-electron chi connectivity index (χ1n) is 6.55. The Kier molecular flexibility index (Phi) is 4.90. The molecule has 0 bridgehead atoms. The molecular formula is C13H19NO4S. The first-order valence-corrected chi connectivity index (χ1v) is 7.43. The Hall–Kier alpha value is -0.980. The van der Waals surface area contributed by atoms with Crippen LogP contribution in [0.5, 0.6) is 0 Å². The van der Waals surface area contributed by atoms with Gasteiger partial charge in [0, 0.05) is 16.7 Å². The Morgan fingerprint density at radius 1 is 1.58 bits per heavy atom. The topological polar surface area (TPSA) is 61.6 Å². The zero-order valence-corrected chi connectivity index (χ0v) is 12.0. The Bertz CT molecular complexity index is 409. The summed E-state index contributed by atoms with van der Waals surface area (Å²) >= 11 is 1.48. The summed E-state index contributed by atoms with van der Waals surface area (Å²) < 4.78 is 11.6. The number of thiophene rings is 1. The third-order valence-corrected chi connectivity index (χ3v) is 4.26. The molecule has 0 aliphatic carbocycles. The normalized spacial score (nSPS) is 26.8. The zero-order chi connectivity index (χ0) is 13.8. The van der Waals surface area contributed by atoms with Crippen molar-refractivity contribution in [2.45, 2.75) is 57.6 Å². The van der Waals surface area contributed by atoms with E-state index in [2.05, 4.69) is 0 Å². The highest BCUT2D eigenvalue weighted by Gasteiger charge is 2.34. The SMILES string of the molecule is C[C@H]([C@H](O[C@@H]1CCC[C@H](C)O1)c1cccs1)[N+](=O)[O-]. The highest BCUT2D eigenvalue weighted by atomic mass is 32.1. The maximum Gasteiger partial charge on any atom is 0.241 e. The van der Waals surface area contributed by atoms with Crippen molar-refractivity contribution >= 4 is 11.3 Å². The van der Waals surface area contributed by atoms with Crippen LogP contribution < -0.4 is 0 Å². The van der Waals surface area contributed by atoms with Gasteiger partial charge in [-0.3, -0.25) is 10.1 Å². The van der Waals surface area contributed by atoms with E-state index in [1.807, 2.05) is 24.4 Å². The van der Waals surface area contributed by atoms with Crippen molar-refractivity contribution in [2.24, 2.45) is 0 Å². The molecule has 2 rings (SSSR count). The average Bonchev–Trinajstić information content (AvgIpc) is 2.88. The van der Waals surface area contributed by atoms with Gasteiger partial charge in [-0.1, -0.05) is 6.07 Å². The van der Waals surface area contributed by atoms with Gasteiger partial charge in [-0.25, -0.2) is 0 Å². The third-order valence-electron chi connectivity index (χ3n) is 3.33. The lowest BCUT2D eigenvalue weighted by Crippen LogP contribution is -2.34. The first-order chi connectivity index (χ1) is 9.08. The van der Waals surface area contributed by atoms with Gasteiger partial charge in [0.25, 0.3) is 0 Å². The Morgan fingerprint density at radius 3 is 2.95 bits per heavy atom. The third kappa shape index (κ3) is 3.75. The standard InChI is InChI=1S/C13H19NO4S/c1-9-5-3-7-12(17-9)18-13(10(2)14(15)16)11-6-4-8-19-11/h4,6,8-10,12-13H,3,5,7H2,1-2H3/t9-,10+,12+,13-/m0/s1. The largest absolute Gasteiger partial charge is 0.350 e. The summed E-state index contributed by atoms with van der Waals surface area (Å²) in [5, 5.41) is 12.9. The summed E-state index contributed by atoms with van der Waals surface area (Å²) in [6, 6.07) is 2.98. The number of rotatable bonds is 5. The lowest BCUT2D eigenvalue weighted by Gasteiger charge is -2.30. The molecule has 0 radical (unpaired) electrons. The molecule has 1 fully saturated rings. The molecule has 1 aromatic rings. The average molecular weight is 285 g/mol. The second-order valence-electron chi connectivity index (χ2n) is 4.91. The molecule has 6 heteroatoms. The van der Waals surface area contributed by atoms with Crippen LogP contribution in [-0.2, 0) is 9.47 Å². The number of hydrogen-bond acceptors (Lipinski definition) is 5. The first kappa shape index (κ1) is 14.4. The summed E-state index contributed by atoms with van der Waals surface area (Å²) in [5.41, 5.74) is 0. The fourth-order valence-electron chi connectivity index (χ4n) is 2.21. The van der Waals surface area contributed by atoms with Crippen LogP contribution in [0.25, 0.3) is 0 Å². The van der Waals surface area contributed by atoms with E-state index in [0.717, 1.165) is 24.1 Å². The summed E-state index contributed by atoms with van der Waals surface area (Å²) in [6.45, 7) is 3.59. The highest BCUT2D eigenvalue weighted by Crippen LogP contribution is 2.31. The minimum Gasteiger partial charge on any atom is -0.350 e. The second-order valence-corrected chi connectivity index (χ2v) is 5.88. The minimum atomic E-state index is -0.778. The molecule has 1 aliphatic heterocycles. The number of hydrogen-bond donors (Lipinski definition) is 0. The van der Waals surface area contributed by atoms with Gasteiger partial charge in [-0.15, -0.1) is 11.3 Å². The molecule has 0 N–H and O–H groups in total. The summed E-state index contributed by atoms with van der Waals surface area (Å²) in [7, 11) is 0. The van der Waals surface area contributed by atoms with Gasteiger partial charge in [0.05, 0.1) is 6.10 Å². The number of nitrogens with zero attached hydrogens (tertiary/aromatic N) is 1. The van der Waals surface area contributed by atoms with Gasteiger partial charge in [0.1, 0.15) is 0 Å². The lowest BCUT2D eigenvalue weighted by atomic mass is 10.1. The molecule has 1 aliphatic rings. The van der Waals surface area contributed by atoms with Crippen LogP contribution in [0.3, 0.4) is 0 Å². The molecular weight excluding hydrogens is 266 g/mol. The summed E-state index contributed by atoms with van der Waals surface area (Å²) in [6.07, 6.45) is 2.15. The van der Waals surface area contributed by atoms with E-state index in [1.165, 1.54) is 11.3 Å². The molecule has 4 atom stereocenters. The maximum absolute atomic E-state index is 11.0. The van der Waals surface area contributed by atoms with Crippen molar-refractivity contribution in [1.29, 1.82) is 0 Å². The molecule has 0 unspecified atom stereocenters. The van der Waals surface area contributed by atoms with Crippen molar-refractivity contribution in [2.75, 3.05) is 0 Å². The van der Waals surface area contributed by atoms with Gasteiger partial charge in [-0.2, -0.15) is 0 Å². The fourth-order valence-corrected chi connectivity index (χ4v) is 3.07. The molecule has 0 amide bonds. The summed E-state index contributed by atoms with van der Waals surface area (Å²) in [5.74, 6) is 0. The Morgan fingerprint density at radius 2 is 2.37 bits per heavy atom. The van der Waals surface area contributed by atoms with Gasteiger partial charge in [0.15, 0.2) is 12.4 Å². The molecule has 2 heterocycles. The van der Waals surface area contributed by atoms with Crippen molar-refractivity contribution in [3.63, 3.8) is 0 Å². The van der Waals surface area contributed by atoms with Crippen LogP contribution in [-0.4, -0.2) is 23.4 Å². The molecule has 19 heavy (non-hydrogen) atoms. The van der Waals surface area contributed by atoms with Crippen LogP contribution in [0.15, 0.2) is 17.5 Å². The molecule has 5 nitrogen and oxygen atoms in total. The maximum atomic E-state index is 11.0. The monoisotopic (exact) mass is 285 g/mol. The van der Waals surface area contributed by atoms with Crippen LogP contribution >= 0.6 is 11.3 Å². The number of ether oxygens (including phenoxy) is 2. The lowest BCUT2D eigenvalue weighted by molar-refractivity contribution is -0.535. The Balaban J connectivity index is 2.07. The van der Waals surface area contributed by atoms with E-state index in [9.17, 15) is 10.1 Å². The van der Waals surface area contributed by atoms with Gasteiger partial charge >= 0.3 is 0 Å². The summed E-state index contributed by atoms with van der Waals surface area (Å²) in [4.78, 5) is 11.6. The molecule has 1 saturated heterocycles. The van der Waals surface area contributed by atoms with Crippen LogP contribution in [0.2, 0.25) is 0 Å². The molecule has 0 aromatic carbocycles. The van der Waals surface area contributed by atoms with Crippen LogP contribution in [0.4, 0.5) is 0 Å². The number of nitro groups is 1. The van der Waals surface area contributed by atoms with E-state index in [4.69, 9.17) is 9.47 Å². The quantitative estimate of drug-likeness (QED) is 0.614. The van der Waals surface area contributed by atoms with Crippen molar-refractivity contribution < 1.29 is 14.4 Å². The van der Waals surface area contributed by atoms with E-state index in [-0.39, 0.29) is 17.3 Å². The molecule has 106 valence electrons. The predicted molar refractivity (Wildman–Crippen MR) is 72.8 cm³/mol. The van der Waals surface area contributed by atoms with Gasteiger partial charge in [-0.05, 0) is 37.6 Å². The van der Waals surface area contributed by atoms with E-state index in [1.54, 1.807) is 6.92 Å². The molecule has 0 saturated carbocycles. The Labute approximate surface area is 116 Å². The highest BCUT2D eigenvalue weighted by molar-refractivity contribution is 7.10. The van der Waals surface area contributed by atoms with E-state index < -0.39 is 12.1 Å². The second kappa shape index (κ2) is 6.45. The van der Waals surface area contributed by atoms with Gasteiger partial charge in [0.2, 0.25) is 6.04 Å². The van der Waals surface area contributed by atoms with Crippen LogP contribution in [0, 0.1) is 10.1 Å². The fraction of sp³-hybridized carbons (Fsp3) is 0.692. The smallest absolute Gasteiger partial charge is 0.241 e. The van der Waals surface area contributed by atoms with Crippen molar-refractivity contribution in [1.82, 2.24) is 0 Å². The van der Waals surface area contributed by atoms with Crippen LogP contribution in [0.1, 0.15) is 44.1 Å². The minimum absolute atomic E-state index is 0.161.